The van der Waals surface area contributed by atoms with Crippen molar-refractivity contribution in [3.8, 4) is 0 Å². The first-order valence-electron chi connectivity index (χ1n) is 6.93. The molecule has 4 heteroatoms. The lowest BCUT2D eigenvalue weighted by Crippen LogP contribution is -2.26. The molecule has 0 spiro atoms. The van der Waals surface area contributed by atoms with E-state index >= 15 is 0 Å². The van der Waals surface area contributed by atoms with E-state index in [4.69, 9.17) is 24.4 Å². The molecule has 0 aliphatic carbocycles. The number of nitrogens with zero attached hydrogens (tertiary/aromatic N) is 2. The van der Waals surface area contributed by atoms with E-state index in [0.717, 1.165) is 26.9 Å². The van der Waals surface area contributed by atoms with Crippen molar-refractivity contribution >= 4 is 35.8 Å². The van der Waals surface area contributed by atoms with Crippen molar-refractivity contribution in [2.45, 2.75) is 40.0 Å². The largest absolute Gasteiger partial charge is 0.375 e. The van der Waals surface area contributed by atoms with Gasteiger partial charge in [-0.05, 0) is 18.3 Å². The molecule has 0 radical (unpaired) electrons. The molecule has 1 aromatic carbocycles. The van der Waals surface area contributed by atoms with Crippen molar-refractivity contribution in [2.24, 2.45) is 5.41 Å². The summed E-state index contributed by atoms with van der Waals surface area (Å²) in [5.41, 5.74) is 2.71. The van der Waals surface area contributed by atoms with Crippen LogP contribution in [0, 0.1) is 14.4 Å². The van der Waals surface area contributed by atoms with Crippen LogP contribution in [-0.4, -0.2) is 27.7 Å². The lowest BCUT2D eigenvalue weighted by Gasteiger charge is -2.30. The van der Waals surface area contributed by atoms with Crippen LogP contribution in [0.4, 0.5) is 11.4 Å². The van der Waals surface area contributed by atoms with Gasteiger partial charge in [-0.2, -0.15) is 0 Å². The summed E-state index contributed by atoms with van der Waals surface area (Å²) in [6.45, 7) is 7.97. The van der Waals surface area contributed by atoms with E-state index in [1.807, 2.05) is 14.1 Å². The standard InChI is InChI=1S/C15H26N2S2/c1-7-15(2,3)9-8-10-17(6)12-11(16(4)5)13(18)14(12)19/h7-10H2,1-6H3. The van der Waals surface area contributed by atoms with Crippen LogP contribution < -0.4 is 9.80 Å². The second-order valence-corrected chi connectivity index (χ2v) is 7.11. The van der Waals surface area contributed by atoms with Gasteiger partial charge in [0.25, 0.3) is 0 Å². The summed E-state index contributed by atoms with van der Waals surface area (Å²) in [6, 6.07) is 0. The Bertz CT molecular complexity index is 496. The second kappa shape index (κ2) is 6.31. The highest BCUT2D eigenvalue weighted by atomic mass is 32.1. The van der Waals surface area contributed by atoms with Crippen LogP contribution in [0.25, 0.3) is 0 Å². The molecule has 0 atom stereocenters. The summed E-state index contributed by atoms with van der Waals surface area (Å²) in [7, 11) is 6.17. The van der Waals surface area contributed by atoms with Crippen LogP contribution in [0.2, 0.25) is 0 Å². The lowest BCUT2D eigenvalue weighted by molar-refractivity contribution is 0.314. The van der Waals surface area contributed by atoms with Crippen molar-refractivity contribution in [3.05, 3.63) is 9.02 Å². The van der Waals surface area contributed by atoms with E-state index in [2.05, 4.69) is 37.6 Å². The third-order valence-corrected chi connectivity index (χ3v) is 4.92. The number of rotatable bonds is 7. The van der Waals surface area contributed by atoms with Crippen LogP contribution in [0.3, 0.4) is 0 Å². The van der Waals surface area contributed by atoms with Crippen molar-refractivity contribution in [2.75, 3.05) is 37.5 Å². The molecule has 19 heavy (non-hydrogen) atoms. The van der Waals surface area contributed by atoms with E-state index in [1.54, 1.807) is 0 Å². The fourth-order valence-electron chi connectivity index (χ4n) is 2.22. The molecule has 0 aliphatic rings. The molecule has 1 rings (SSSR count). The molecular weight excluding hydrogens is 272 g/mol. The first-order valence-corrected chi connectivity index (χ1v) is 7.74. The van der Waals surface area contributed by atoms with Crippen LogP contribution in [0.5, 0.6) is 0 Å². The molecule has 0 amide bonds. The van der Waals surface area contributed by atoms with Crippen LogP contribution in [-0.2, 0) is 0 Å². The Morgan fingerprint density at radius 3 is 2.00 bits per heavy atom. The van der Waals surface area contributed by atoms with Gasteiger partial charge in [0.2, 0.25) is 0 Å². The van der Waals surface area contributed by atoms with Crippen molar-refractivity contribution in [3.63, 3.8) is 0 Å². The second-order valence-electron chi connectivity index (χ2n) is 6.29. The van der Waals surface area contributed by atoms with Crippen LogP contribution in [0.1, 0.15) is 40.0 Å². The van der Waals surface area contributed by atoms with Gasteiger partial charge in [0.1, 0.15) is 0 Å². The normalized spacial score (nSPS) is 11.9. The maximum absolute atomic E-state index is 5.38. The Morgan fingerprint density at radius 1 is 1.00 bits per heavy atom. The number of hydrogen-bond acceptors (Lipinski definition) is 4. The quantitative estimate of drug-likeness (QED) is 0.670. The summed E-state index contributed by atoms with van der Waals surface area (Å²) in [5, 5.41) is 0. The topological polar surface area (TPSA) is 6.48 Å². The molecule has 0 fully saturated rings. The van der Waals surface area contributed by atoms with E-state index in [9.17, 15) is 0 Å². The summed E-state index contributed by atoms with van der Waals surface area (Å²) in [5.74, 6) is 0. The predicted octanol–water partition coefficient (Wildman–Crippen LogP) is 4.74. The van der Waals surface area contributed by atoms with Gasteiger partial charge in [0, 0.05) is 27.7 Å². The molecule has 2 nitrogen and oxygen atoms in total. The van der Waals surface area contributed by atoms with Gasteiger partial charge >= 0.3 is 0 Å². The molecule has 1 aromatic rings. The zero-order valence-corrected chi connectivity index (χ0v) is 14.7. The Kier molecular flexibility index (Phi) is 5.51. The van der Waals surface area contributed by atoms with Gasteiger partial charge < -0.3 is 9.80 Å². The van der Waals surface area contributed by atoms with Crippen LogP contribution >= 0.6 is 24.4 Å². The first kappa shape index (κ1) is 16.6. The monoisotopic (exact) mass is 298 g/mol. The molecule has 0 aromatic heterocycles. The smallest absolute Gasteiger partial charge is 0.0834 e. The molecule has 0 N–H and O–H groups in total. The van der Waals surface area contributed by atoms with Gasteiger partial charge in [-0.1, -0.05) is 51.6 Å². The van der Waals surface area contributed by atoms with Gasteiger partial charge in [0.15, 0.2) is 0 Å². The molecule has 0 aliphatic heterocycles. The predicted molar refractivity (Wildman–Crippen MR) is 91.4 cm³/mol. The minimum absolute atomic E-state index is 0.440. The Labute approximate surface area is 128 Å². The van der Waals surface area contributed by atoms with Crippen molar-refractivity contribution in [1.29, 1.82) is 0 Å². The zero-order valence-electron chi connectivity index (χ0n) is 13.0. The molecule has 108 valence electrons. The Morgan fingerprint density at radius 2 is 1.53 bits per heavy atom. The maximum Gasteiger partial charge on any atom is 0.0834 e. The Hall–Kier alpha value is -0.480. The van der Waals surface area contributed by atoms with Gasteiger partial charge in [0.05, 0.1) is 20.4 Å². The maximum atomic E-state index is 5.38. The zero-order chi connectivity index (χ0) is 14.8. The first-order chi connectivity index (χ1) is 8.71. The highest BCUT2D eigenvalue weighted by molar-refractivity contribution is 7.74. The van der Waals surface area contributed by atoms with E-state index in [-0.39, 0.29) is 0 Å². The Balaban J connectivity index is 2.65. The van der Waals surface area contributed by atoms with E-state index in [1.165, 1.54) is 19.3 Å². The summed E-state index contributed by atoms with van der Waals surface area (Å²) >= 11 is 10.7. The average molecular weight is 299 g/mol. The van der Waals surface area contributed by atoms with Crippen molar-refractivity contribution < 1.29 is 0 Å². The minimum Gasteiger partial charge on any atom is -0.375 e. The molecule has 0 heterocycles. The fourth-order valence-corrected chi connectivity index (χ4v) is 2.95. The van der Waals surface area contributed by atoms with E-state index < -0.39 is 0 Å². The molecule has 0 bridgehead atoms. The highest BCUT2D eigenvalue weighted by Crippen LogP contribution is 2.37. The molecule has 0 unspecified atom stereocenters. The fraction of sp³-hybridized carbons (Fsp3) is 0.733. The van der Waals surface area contributed by atoms with Gasteiger partial charge in [-0.3, -0.25) is 0 Å². The molecule has 0 saturated heterocycles. The summed E-state index contributed by atoms with van der Waals surface area (Å²) in [6.07, 6.45) is 3.66. The molecular formula is C15H26N2S2. The third-order valence-electron chi connectivity index (χ3n) is 3.99. The van der Waals surface area contributed by atoms with Crippen molar-refractivity contribution in [1.82, 2.24) is 0 Å². The summed E-state index contributed by atoms with van der Waals surface area (Å²) in [4.78, 5) is 4.33. The average Bonchev–Trinajstić information content (AvgIpc) is 2.33. The number of anilines is 2. The van der Waals surface area contributed by atoms with Gasteiger partial charge in [-0.25, -0.2) is 0 Å². The number of hydrogen-bond donors (Lipinski definition) is 0. The molecule has 0 saturated carbocycles. The summed E-state index contributed by atoms with van der Waals surface area (Å²) < 4.78 is 1.70. The highest BCUT2D eigenvalue weighted by Gasteiger charge is 2.20. The lowest BCUT2D eigenvalue weighted by atomic mass is 9.85. The van der Waals surface area contributed by atoms with Crippen LogP contribution in [0.15, 0.2) is 0 Å². The third kappa shape index (κ3) is 3.76. The van der Waals surface area contributed by atoms with E-state index in [0.29, 0.717) is 5.41 Å². The minimum atomic E-state index is 0.440. The SMILES string of the molecule is CCC(C)(C)CCCN(C)c1c(N(C)C)c(=S)c1=S. The van der Waals surface area contributed by atoms with Gasteiger partial charge in [-0.15, -0.1) is 0 Å².